The van der Waals surface area contributed by atoms with Crippen LogP contribution in [-0.2, 0) is 9.53 Å². The summed E-state index contributed by atoms with van der Waals surface area (Å²) < 4.78 is 34.6. The van der Waals surface area contributed by atoms with E-state index in [2.05, 4.69) is 9.72 Å². The number of aliphatic carboxylic acids is 1. The van der Waals surface area contributed by atoms with E-state index >= 15 is 0 Å². The fourth-order valence-corrected chi connectivity index (χ4v) is 2.79. The van der Waals surface area contributed by atoms with E-state index in [4.69, 9.17) is 4.74 Å². The quantitative estimate of drug-likeness (QED) is 0.905. The van der Waals surface area contributed by atoms with Gasteiger partial charge in [0, 0.05) is 30.1 Å². The minimum atomic E-state index is -2.90. The van der Waals surface area contributed by atoms with Gasteiger partial charge in [-0.3, -0.25) is 9.78 Å². The molecular weight excluding hydrogens is 320 g/mol. The number of pyridine rings is 1. The van der Waals surface area contributed by atoms with E-state index in [9.17, 15) is 18.7 Å². The third-order valence-corrected chi connectivity index (χ3v) is 3.89. The topological polar surface area (TPSA) is 68.7 Å². The van der Waals surface area contributed by atoms with Crippen molar-refractivity contribution in [2.24, 2.45) is 5.92 Å². The predicted molar refractivity (Wildman–Crippen MR) is 80.7 cm³/mol. The molecule has 1 fully saturated rings. The number of alkyl halides is 2. The second-order valence-electron chi connectivity index (χ2n) is 5.44. The number of hydrogen-bond acceptors (Lipinski definition) is 4. The molecule has 7 heteroatoms. The van der Waals surface area contributed by atoms with Crippen molar-refractivity contribution in [3.63, 3.8) is 0 Å². The van der Waals surface area contributed by atoms with Crippen molar-refractivity contribution in [1.82, 2.24) is 4.98 Å². The first kappa shape index (κ1) is 16.3. The zero-order valence-electron chi connectivity index (χ0n) is 12.6. The molecule has 0 unspecified atom stereocenters. The number of carboxylic acids is 1. The summed E-state index contributed by atoms with van der Waals surface area (Å²) in [6.07, 6.45) is 3.03. The molecular formula is C17H15F2NO4. The first-order chi connectivity index (χ1) is 11.5. The lowest BCUT2D eigenvalue weighted by Crippen LogP contribution is -2.17. The van der Waals surface area contributed by atoms with Gasteiger partial charge in [-0.1, -0.05) is 12.1 Å². The van der Waals surface area contributed by atoms with E-state index in [-0.39, 0.29) is 5.75 Å². The smallest absolute Gasteiger partial charge is 0.387 e. The van der Waals surface area contributed by atoms with Gasteiger partial charge in [0.2, 0.25) is 0 Å². The normalized spacial score (nSPS) is 20.3. The van der Waals surface area contributed by atoms with Gasteiger partial charge in [0.25, 0.3) is 0 Å². The predicted octanol–water partition coefficient (Wildman–Crippen LogP) is 3.51. The van der Waals surface area contributed by atoms with Crippen LogP contribution in [0.4, 0.5) is 8.78 Å². The van der Waals surface area contributed by atoms with Crippen LogP contribution in [-0.4, -0.2) is 29.3 Å². The first-order valence-electron chi connectivity index (χ1n) is 7.39. The van der Waals surface area contributed by atoms with Crippen LogP contribution in [0.1, 0.15) is 18.1 Å². The standard InChI is InChI=1S/C17H15F2NO4/c18-17(19)24-13-3-1-2-10(7-13)11-6-12(9-20-8-11)15-14(16(21)22)4-5-23-15/h1-3,6-9,14-15,17H,4-5H2,(H,21,22)/t14-,15+/m1/s1. The fraction of sp³-hybridized carbons (Fsp3) is 0.294. The number of rotatable bonds is 5. The maximum absolute atomic E-state index is 12.3. The molecule has 1 aliphatic heterocycles. The van der Waals surface area contributed by atoms with Crippen LogP contribution in [0, 0.1) is 5.92 Å². The van der Waals surface area contributed by atoms with Crippen molar-refractivity contribution in [3.05, 3.63) is 48.3 Å². The van der Waals surface area contributed by atoms with Crippen molar-refractivity contribution in [2.45, 2.75) is 19.1 Å². The van der Waals surface area contributed by atoms with Gasteiger partial charge >= 0.3 is 12.6 Å². The summed E-state index contributed by atoms with van der Waals surface area (Å²) in [5.41, 5.74) is 1.97. The highest BCUT2D eigenvalue weighted by Crippen LogP contribution is 2.36. The van der Waals surface area contributed by atoms with Crippen LogP contribution < -0.4 is 4.74 Å². The van der Waals surface area contributed by atoms with Crippen molar-refractivity contribution in [3.8, 4) is 16.9 Å². The third kappa shape index (κ3) is 3.51. The van der Waals surface area contributed by atoms with Gasteiger partial charge in [0.15, 0.2) is 0 Å². The number of carboxylic acid groups (broad SMARTS) is 1. The van der Waals surface area contributed by atoms with Crippen LogP contribution in [0.5, 0.6) is 5.75 Å². The zero-order valence-corrected chi connectivity index (χ0v) is 12.6. The van der Waals surface area contributed by atoms with Gasteiger partial charge in [-0.2, -0.15) is 8.78 Å². The molecule has 0 spiro atoms. The molecule has 126 valence electrons. The summed E-state index contributed by atoms with van der Waals surface area (Å²) in [5.74, 6) is -1.47. The maximum Gasteiger partial charge on any atom is 0.387 e. The molecule has 5 nitrogen and oxygen atoms in total. The molecule has 0 saturated carbocycles. The number of hydrogen-bond donors (Lipinski definition) is 1. The van der Waals surface area contributed by atoms with Gasteiger partial charge < -0.3 is 14.6 Å². The van der Waals surface area contributed by atoms with E-state index in [1.807, 2.05) is 0 Å². The summed E-state index contributed by atoms with van der Waals surface area (Å²) in [5, 5.41) is 9.26. The van der Waals surface area contributed by atoms with E-state index in [0.717, 1.165) is 0 Å². The molecule has 0 aliphatic carbocycles. The van der Waals surface area contributed by atoms with E-state index in [1.165, 1.54) is 12.1 Å². The van der Waals surface area contributed by atoms with Crippen molar-refractivity contribution < 1.29 is 28.2 Å². The highest BCUT2D eigenvalue weighted by atomic mass is 19.3. The number of aromatic nitrogens is 1. The van der Waals surface area contributed by atoms with Crippen molar-refractivity contribution in [1.29, 1.82) is 0 Å². The largest absolute Gasteiger partial charge is 0.481 e. The minimum Gasteiger partial charge on any atom is -0.481 e. The lowest BCUT2D eigenvalue weighted by molar-refractivity contribution is -0.143. The van der Waals surface area contributed by atoms with Crippen LogP contribution >= 0.6 is 0 Å². The van der Waals surface area contributed by atoms with Gasteiger partial charge in [-0.15, -0.1) is 0 Å². The molecule has 0 amide bonds. The average molecular weight is 335 g/mol. The Kier molecular flexibility index (Phi) is 4.71. The Bertz CT molecular complexity index is 738. The van der Waals surface area contributed by atoms with Crippen LogP contribution in [0.25, 0.3) is 11.1 Å². The monoisotopic (exact) mass is 335 g/mol. The second-order valence-corrected chi connectivity index (χ2v) is 5.44. The van der Waals surface area contributed by atoms with Crippen LogP contribution in [0.15, 0.2) is 42.7 Å². The summed E-state index contributed by atoms with van der Waals surface area (Å²) in [4.78, 5) is 15.4. The van der Waals surface area contributed by atoms with Crippen LogP contribution in [0.3, 0.4) is 0 Å². The van der Waals surface area contributed by atoms with Gasteiger partial charge in [0.1, 0.15) is 5.75 Å². The SMILES string of the molecule is O=C(O)[C@@H]1CCO[C@H]1c1cncc(-c2cccc(OC(F)F)c2)c1. The van der Waals surface area contributed by atoms with Gasteiger partial charge in [-0.25, -0.2) is 0 Å². The Morgan fingerprint density at radius 3 is 2.88 bits per heavy atom. The Morgan fingerprint density at radius 2 is 2.12 bits per heavy atom. The average Bonchev–Trinajstić information content (AvgIpc) is 3.04. The number of ether oxygens (including phenoxy) is 2. The summed E-state index contributed by atoms with van der Waals surface area (Å²) in [6.45, 7) is -2.52. The molecule has 24 heavy (non-hydrogen) atoms. The van der Waals surface area contributed by atoms with Crippen molar-refractivity contribution in [2.75, 3.05) is 6.61 Å². The highest BCUT2D eigenvalue weighted by molar-refractivity contribution is 5.72. The molecule has 2 heterocycles. The summed E-state index contributed by atoms with van der Waals surface area (Å²) in [6, 6.07) is 8.03. The number of halogens is 2. The van der Waals surface area contributed by atoms with E-state index < -0.39 is 24.6 Å². The Labute approximate surface area is 136 Å². The number of nitrogens with zero attached hydrogens (tertiary/aromatic N) is 1. The van der Waals surface area contributed by atoms with Gasteiger partial charge in [-0.05, 0) is 30.2 Å². The Balaban J connectivity index is 1.89. The first-order valence-corrected chi connectivity index (χ1v) is 7.39. The maximum atomic E-state index is 12.3. The van der Waals surface area contributed by atoms with Crippen molar-refractivity contribution >= 4 is 5.97 Å². The molecule has 1 aliphatic rings. The van der Waals surface area contributed by atoms with Crippen LogP contribution in [0.2, 0.25) is 0 Å². The molecule has 0 radical (unpaired) electrons. The summed E-state index contributed by atoms with van der Waals surface area (Å²) >= 11 is 0. The molecule has 1 aromatic heterocycles. The lowest BCUT2D eigenvalue weighted by Gasteiger charge is -2.16. The fourth-order valence-electron chi connectivity index (χ4n) is 2.79. The molecule has 1 N–H and O–H groups in total. The molecule has 1 saturated heterocycles. The lowest BCUT2D eigenvalue weighted by atomic mass is 9.95. The number of carbonyl (C=O) groups is 1. The molecule has 0 bridgehead atoms. The molecule has 2 atom stereocenters. The van der Waals surface area contributed by atoms with E-state index in [0.29, 0.717) is 29.7 Å². The third-order valence-electron chi connectivity index (χ3n) is 3.89. The molecule has 2 aromatic rings. The highest BCUT2D eigenvalue weighted by Gasteiger charge is 2.35. The molecule has 1 aromatic carbocycles. The second kappa shape index (κ2) is 6.92. The Hall–Kier alpha value is -2.54. The van der Waals surface area contributed by atoms with E-state index in [1.54, 1.807) is 30.6 Å². The Morgan fingerprint density at radius 1 is 1.29 bits per heavy atom. The summed E-state index contributed by atoms with van der Waals surface area (Å²) in [7, 11) is 0. The minimum absolute atomic E-state index is 0.0495. The van der Waals surface area contributed by atoms with Gasteiger partial charge in [0.05, 0.1) is 12.0 Å². The molecule has 3 rings (SSSR count). The zero-order chi connectivity index (χ0) is 17.1. The number of benzene rings is 1.